The van der Waals surface area contributed by atoms with Crippen LogP contribution in [0, 0.1) is 0 Å². The molecule has 0 saturated heterocycles. The zero-order valence-electron chi connectivity index (χ0n) is 25.6. The van der Waals surface area contributed by atoms with Crippen LogP contribution in [-0.4, -0.2) is 0 Å². The summed E-state index contributed by atoms with van der Waals surface area (Å²) in [6, 6.07) is 23.3. The van der Waals surface area contributed by atoms with Gasteiger partial charge in [0.2, 0.25) is 0 Å². The van der Waals surface area contributed by atoms with Crippen molar-refractivity contribution in [3.8, 4) is 17.2 Å². The number of benzene rings is 3. The molecule has 0 aliphatic carbocycles. The van der Waals surface area contributed by atoms with E-state index in [0.29, 0.717) is 17.2 Å². The Labute approximate surface area is 249 Å². The van der Waals surface area contributed by atoms with Crippen molar-refractivity contribution in [3.63, 3.8) is 0 Å². The van der Waals surface area contributed by atoms with Gasteiger partial charge in [0.1, 0.15) is 17.2 Å². The molecular weight excluding hydrogens is 527 g/mol. The smallest absolute Gasteiger partial charge is 0.386 e. The van der Waals surface area contributed by atoms with Crippen LogP contribution in [0.1, 0.15) is 115 Å². The topological polar surface area (TPSA) is 44.8 Å². The van der Waals surface area contributed by atoms with Gasteiger partial charge in [-0.1, -0.05) is 115 Å². The monoisotopic (exact) mass is 578 g/mol. The second-order valence-corrected chi connectivity index (χ2v) is 12.5. The van der Waals surface area contributed by atoms with Crippen molar-refractivity contribution in [1.82, 2.24) is 0 Å². The quantitative estimate of drug-likeness (QED) is 0.0931. The number of hydrogen-bond donors (Lipinski definition) is 0. The summed E-state index contributed by atoms with van der Waals surface area (Å²) in [5.74, 6) is 1.39. The van der Waals surface area contributed by atoms with Crippen LogP contribution < -0.4 is 13.6 Å². The molecule has 0 aromatic heterocycles. The SMILES string of the molecule is CCCCCCc1ccc(OP(=O)(Oc2ccc(CCCCCC)cc2)Oc2ccc(CCCCCC)cc2)cc1. The summed E-state index contributed by atoms with van der Waals surface area (Å²) in [6.45, 7) is 6.67. The number of rotatable bonds is 21. The van der Waals surface area contributed by atoms with E-state index in [1.807, 2.05) is 72.8 Å². The Morgan fingerprint density at radius 3 is 0.927 bits per heavy atom. The largest absolute Gasteiger partial charge is 0.647 e. The molecule has 3 aromatic rings. The van der Waals surface area contributed by atoms with Crippen molar-refractivity contribution in [2.24, 2.45) is 0 Å². The predicted octanol–water partition coefficient (Wildman–Crippen LogP) is 11.7. The maximum Gasteiger partial charge on any atom is 0.647 e. The van der Waals surface area contributed by atoms with Crippen LogP contribution in [0.3, 0.4) is 0 Å². The molecule has 0 heterocycles. The third-order valence-corrected chi connectivity index (χ3v) is 8.68. The average Bonchev–Trinajstić information content (AvgIpc) is 2.98. The molecule has 3 aromatic carbocycles. The van der Waals surface area contributed by atoms with Gasteiger partial charge in [0.25, 0.3) is 0 Å². The van der Waals surface area contributed by atoms with E-state index in [1.54, 1.807) is 0 Å². The molecule has 0 unspecified atom stereocenters. The fourth-order valence-corrected chi connectivity index (χ4v) is 6.11. The van der Waals surface area contributed by atoms with Crippen LogP contribution in [0.25, 0.3) is 0 Å². The van der Waals surface area contributed by atoms with Crippen molar-refractivity contribution < 1.29 is 18.1 Å². The maximum atomic E-state index is 14.0. The van der Waals surface area contributed by atoms with Gasteiger partial charge in [-0.2, -0.15) is 4.57 Å². The van der Waals surface area contributed by atoms with E-state index in [4.69, 9.17) is 13.6 Å². The summed E-state index contributed by atoms with van der Waals surface area (Å²) in [6.07, 6.45) is 17.8. The third-order valence-electron chi connectivity index (χ3n) is 7.38. The molecule has 41 heavy (non-hydrogen) atoms. The molecule has 5 heteroatoms. The highest BCUT2D eigenvalue weighted by Crippen LogP contribution is 2.50. The average molecular weight is 579 g/mol. The number of phosphoric acid groups is 1. The molecule has 0 aliphatic rings. The van der Waals surface area contributed by atoms with Crippen molar-refractivity contribution in [2.75, 3.05) is 0 Å². The molecule has 0 amide bonds. The fraction of sp³-hybridized carbons (Fsp3) is 0.500. The number of hydrogen-bond acceptors (Lipinski definition) is 4. The standard InChI is InChI=1S/C36H51O4P/c1-4-7-10-13-16-31-19-25-34(26-20-31)38-41(37,39-35-27-21-32(22-28-35)17-14-11-8-5-2)40-36-29-23-33(24-30-36)18-15-12-9-6-3/h19-30H,4-18H2,1-3H3. The zero-order valence-corrected chi connectivity index (χ0v) is 26.5. The van der Waals surface area contributed by atoms with Crippen molar-refractivity contribution in [1.29, 1.82) is 0 Å². The normalized spacial score (nSPS) is 11.4. The van der Waals surface area contributed by atoms with Crippen molar-refractivity contribution >= 4 is 7.82 Å². The Hall–Kier alpha value is -2.71. The first kappa shape index (κ1) is 32.8. The lowest BCUT2D eigenvalue weighted by Gasteiger charge is -2.20. The van der Waals surface area contributed by atoms with Gasteiger partial charge >= 0.3 is 7.82 Å². The highest BCUT2D eigenvalue weighted by molar-refractivity contribution is 7.49. The molecule has 0 aliphatic heterocycles. The van der Waals surface area contributed by atoms with Gasteiger partial charge in [0.15, 0.2) is 0 Å². The number of aryl methyl sites for hydroxylation is 3. The second-order valence-electron chi connectivity index (χ2n) is 11.1. The van der Waals surface area contributed by atoms with E-state index in [2.05, 4.69) is 20.8 Å². The zero-order chi connectivity index (χ0) is 29.2. The van der Waals surface area contributed by atoms with Gasteiger partial charge in [-0.05, 0) is 91.6 Å². The van der Waals surface area contributed by atoms with Crippen LogP contribution in [0.15, 0.2) is 72.8 Å². The van der Waals surface area contributed by atoms with Gasteiger partial charge in [0, 0.05) is 0 Å². The van der Waals surface area contributed by atoms with Gasteiger partial charge in [-0.25, -0.2) is 0 Å². The molecular formula is C36H51O4P. The third kappa shape index (κ3) is 12.8. The molecule has 0 atom stereocenters. The van der Waals surface area contributed by atoms with Crippen molar-refractivity contribution in [2.45, 2.75) is 117 Å². The fourth-order valence-electron chi connectivity index (χ4n) is 4.86. The Balaban J connectivity index is 1.69. The lowest BCUT2D eigenvalue weighted by molar-refractivity contribution is 0.298. The van der Waals surface area contributed by atoms with E-state index in [-0.39, 0.29) is 0 Å². The minimum atomic E-state index is -4.02. The van der Waals surface area contributed by atoms with Gasteiger partial charge in [0.05, 0.1) is 0 Å². The molecule has 0 saturated carbocycles. The summed E-state index contributed by atoms with van der Waals surface area (Å²) >= 11 is 0. The molecule has 0 radical (unpaired) electrons. The Morgan fingerprint density at radius 1 is 0.415 bits per heavy atom. The molecule has 3 rings (SSSR count). The van der Waals surface area contributed by atoms with E-state index in [0.717, 1.165) is 19.3 Å². The van der Waals surface area contributed by atoms with E-state index in [9.17, 15) is 4.57 Å². The molecule has 4 nitrogen and oxygen atoms in total. The summed E-state index contributed by atoms with van der Waals surface area (Å²) in [5.41, 5.74) is 3.73. The van der Waals surface area contributed by atoms with Gasteiger partial charge in [-0.3, -0.25) is 0 Å². The summed E-state index contributed by atoms with van der Waals surface area (Å²) in [7, 11) is -4.02. The first-order valence-electron chi connectivity index (χ1n) is 16.0. The maximum absolute atomic E-state index is 14.0. The Kier molecular flexibility index (Phi) is 14.9. The second kappa shape index (κ2) is 18.7. The van der Waals surface area contributed by atoms with E-state index >= 15 is 0 Å². The summed E-state index contributed by atoms with van der Waals surface area (Å²) < 4.78 is 31.9. The van der Waals surface area contributed by atoms with Crippen LogP contribution >= 0.6 is 7.82 Å². The first-order chi connectivity index (χ1) is 20.0. The minimum Gasteiger partial charge on any atom is -0.386 e. The lowest BCUT2D eigenvalue weighted by atomic mass is 10.1. The van der Waals surface area contributed by atoms with Crippen LogP contribution in [0.5, 0.6) is 17.2 Å². The summed E-state index contributed by atoms with van der Waals surface area (Å²) in [4.78, 5) is 0. The van der Waals surface area contributed by atoms with Crippen LogP contribution in [0.2, 0.25) is 0 Å². The Bertz CT molecular complexity index is 993. The lowest BCUT2D eigenvalue weighted by Crippen LogP contribution is -2.08. The van der Waals surface area contributed by atoms with Crippen LogP contribution in [0.4, 0.5) is 0 Å². The first-order valence-corrected chi connectivity index (χ1v) is 17.4. The van der Waals surface area contributed by atoms with Gasteiger partial charge < -0.3 is 13.6 Å². The highest BCUT2D eigenvalue weighted by atomic mass is 31.2. The molecule has 0 N–H and O–H groups in total. The van der Waals surface area contributed by atoms with Crippen molar-refractivity contribution in [3.05, 3.63) is 89.5 Å². The van der Waals surface area contributed by atoms with E-state index in [1.165, 1.54) is 93.7 Å². The highest BCUT2D eigenvalue weighted by Gasteiger charge is 2.33. The minimum absolute atomic E-state index is 0.464. The molecule has 224 valence electrons. The number of phosphoric ester groups is 1. The molecule has 0 spiro atoms. The van der Waals surface area contributed by atoms with E-state index < -0.39 is 7.82 Å². The van der Waals surface area contributed by atoms with Crippen LogP contribution in [-0.2, 0) is 23.8 Å². The molecule has 0 bridgehead atoms. The number of unbranched alkanes of at least 4 members (excludes halogenated alkanes) is 9. The predicted molar refractivity (Wildman–Crippen MR) is 172 cm³/mol. The molecule has 0 fully saturated rings. The van der Waals surface area contributed by atoms with Gasteiger partial charge in [-0.15, -0.1) is 0 Å². The summed E-state index contributed by atoms with van der Waals surface area (Å²) in [5, 5.41) is 0. The Morgan fingerprint density at radius 2 is 0.683 bits per heavy atom.